The lowest BCUT2D eigenvalue weighted by atomic mass is 10.2. The average molecular weight is 494 g/mol. The second-order valence-corrected chi connectivity index (χ2v) is 11.3. The van der Waals surface area contributed by atoms with Crippen molar-refractivity contribution in [3.8, 4) is 11.4 Å². The number of hydrogen-bond acceptors (Lipinski definition) is 6. The van der Waals surface area contributed by atoms with E-state index in [2.05, 4.69) is 29.4 Å². The van der Waals surface area contributed by atoms with Gasteiger partial charge >= 0.3 is 0 Å². The molecule has 1 aromatic heterocycles. The summed E-state index contributed by atoms with van der Waals surface area (Å²) in [5.74, 6) is 0.903. The molecule has 0 spiro atoms. The third-order valence-electron chi connectivity index (χ3n) is 6.18. The zero-order chi connectivity index (χ0) is 24.0. The molecule has 3 rings (SSSR count). The molecule has 1 saturated carbocycles. The molecule has 1 N–H and O–H groups in total. The number of sulfonamides is 1. The molecule has 1 heterocycles. The van der Waals surface area contributed by atoms with Gasteiger partial charge in [0.15, 0.2) is 11.0 Å². The van der Waals surface area contributed by atoms with Crippen molar-refractivity contribution in [2.75, 3.05) is 18.8 Å². The minimum atomic E-state index is -3.58. The second kappa shape index (κ2) is 11.5. The highest BCUT2D eigenvalue weighted by Crippen LogP contribution is 2.30. The van der Waals surface area contributed by atoms with Gasteiger partial charge < -0.3 is 5.32 Å². The first-order chi connectivity index (χ1) is 15.8. The Morgan fingerprint density at radius 3 is 2.55 bits per heavy atom. The van der Waals surface area contributed by atoms with Gasteiger partial charge in [0.1, 0.15) is 0 Å². The van der Waals surface area contributed by atoms with E-state index in [1.807, 2.05) is 24.5 Å². The Morgan fingerprint density at radius 1 is 1.21 bits per heavy atom. The minimum Gasteiger partial charge on any atom is -0.353 e. The van der Waals surface area contributed by atoms with Crippen LogP contribution in [0.5, 0.6) is 0 Å². The van der Waals surface area contributed by atoms with Crippen molar-refractivity contribution in [2.45, 2.75) is 81.9 Å². The summed E-state index contributed by atoms with van der Waals surface area (Å²) in [4.78, 5) is 12.7. The van der Waals surface area contributed by atoms with Crippen LogP contribution in [0.3, 0.4) is 0 Å². The van der Waals surface area contributed by atoms with Gasteiger partial charge in [-0.3, -0.25) is 9.36 Å². The molecule has 0 aliphatic heterocycles. The van der Waals surface area contributed by atoms with Gasteiger partial charge in [0.25, 0.3) is 0 Å². The third-order valence-corrected chi connectivity index (χ3v) is 9.17. The first kappa shape index (κ1) is 25.7. The first-order valence-corrected chi connectivity index (χ1v) is 14.2. The summed E-state index contributed by atoms with van der Waals surface area (Å²) in [5, 5.41) is 12.5. The van der Waals surface area contributed by atoms with Gasteiger partial charge in [0.05, 0.1) is 10.6 Å². The van der Waals surface area contributed by atoms with Crippen molar-refractivity contribution < 1.29 is 13.2 Å². The van der Waals surface area contributed by atoms with E-state index in [0.717, 1.165) is 19.3 Å². The Balaban J connectivity index is 1.86. The SMILES string of the molecule is CC[C@@H](C)n1c(SCC(=O)NC2CCCC2)nnc1-c1cccc(S(=O)(=O)N(CC)CC)c1. The lowest BCUT2D eigenvalue weighted by Gasteiger charge is -2.19. The van der Waals surface area contributed by atoms with Gasteiger partial charge in [-0.15, -0.1) is 10.2 Å². The summed E-state index contributed by atoms with van der Waals surface area (Å²) in [7, 11) is -3.58. The highest BCUT2D eigenvalue weighted by atomic mass is 32.2. The van der Waals surface area contributed by atoms with E-state index in [1.165, 1.54) is 28.9 Å². The summed E-state index contributed by atoms with van der Waals surface area (Å²) >= 11 is 1.37. The molecule has 10 heteroatoms. The smallest absolute Gasteiger partial charge is 0.243 e. The molecule has 0 radical (unpaired) electrons. The van der Waals surface area contributed by atoms with Crippen LogP contribution in [0.2, 0.25) is 0 Å². The number of hydrogen-bond donors (Lipinski definition) is 1. The molecule has 33 heavy (non-hydrogen) atoms. The van der Waals surface area contributed by atoms with Crippen molar-refractivity contribution in [3.63, 3.8) is 0 Å². The van der Waals surface area contributed by atoms with Crippen molar-refractivity contribution in [3.05, 3.63) is 24.3 Å². The fourth-order valence-corrected chi connectivity index (χ4v) is 6.48. The predicted octanol–water partition coefficient (Wildman–Crippen LogP) is 4.10. The molecule has 0 bridgehead atoms. The van der Waals surface area contributed by atoms with E-state index in [1.54, 1.807) is 18.2 Å². The summed E-state index contributed by atoms with van der Waals surface area (Å²) in [6.45, 7) is 8.64. The maximum absolute atomic E-state index is 13.0. The van der Waals surface area contributed by atoms with Crippen LogP contribution >= 0.6 is 11.8 Å². The molecule has 0 saturated heterocycles. The van der Waals surface area contributed by atoms with E-state index in [9.17, 15) is 13.2 Å². The van der Waals surface area contributed by atoms with Gasteiger partial charge in [0, 0.05) is 30.7 Å². The minimum absolute atomic E-state index is 0.0134. The highest BCUT2D eigenvalue weighted by molar-refractivity contribution is 7.99. The van der Waals surface area contributed by atoms with E-state index in [0.29, 0.717) is 29.6 Å². The van der Waals surface area contributed by atoms with Crippen LogP contribution in [0.4, 0.5) is 0 Å². The maximum atomic E-state index is 13.0. The third kappa shape index (κ3) is 5.96. The Hall–Kier alpha value is -1.91. The number of benzene rings is 1. The first-order valence-electron chi connectivity index (χ1n) is 11.8. The second-order valence-electron chi connectivity index (χ2n) is 8.39. The van der Waals surface area contributed by atoms with E-state index in [4.69, 9.17) is 0 Å². The van der Waals surface area contributed by atoms with Crippen LogP contribution in [-0.2, 0) is 14.8 Å². The van der Waals surface area contributed by atoms with Crippen LogP contribution in [0, 0.1) is 0 Å². The average Bonchev–Trinajstić information content (AvgIpc) is 3.47. The summed E-state index contributed by atoms with van der Waals surface area (Å²) in [5.41, 5.74) is 0.693. The van der Waals surface area contributed by atoms with Crippen molar-refractivity contribution in [1.29, 1.82) is 0 Å². The Bertz CT molecular complexity index is 1040. The van der Waals surface area contributed by atoms with Crippen LogP contribution in [0.15, 0.2) is 34.3 Å². The molecule has 182 valence electrons. The number of amides is 1. The maximum Gasteiger partial charge on any atom is 0.243 e. The van der Waals surface area contributed by atoms with E-state index < -0.39 is 10.0 Å². The molecule has 1 amide bonds. The Kier molecular flexibility index (Phi) is 8.95. The normalized spacial score (nSPS) is 15.8. The Labute approximate surface area is 201 Å². The molecular weight excluding hydrogens is 458 g/mol. The van der Waals surface area contributed by atoms with Gasteiger partial charge in [-0.25, -0.2) is 8.42 Å². The fraction of sp³-hybridized carbons (Fsp3) is 0.609. The van der Waals surface area contributed by atoms with Crippen molar-refractivity contribution in [2.24, 2.45) is 0 Å². The van der Waals surface area contributed by atoms with Crippen LogP contribution < -0.4 is 5.32 Å². The molecular formula is C23H35N5O3S2. The lowest BCUT2D eigenvalue weighted by Crippen LogP contribution is -2.33. The topological polar surface area (TPSA) is 97.2 Å². The lowest BCUT2D eigenvalue weighted by molar-refractivity contribution is -0.119. The van der Waals surface area contributed by atoms with Gasteiger partial charge in [-0.1, -0.05) is 57.5 Å². The van der Waals surface area contributed by atoms with Crippen LogP contribution in [0.25, 0.3) is 11.4 Å². The monoisotopic (exact) mass is 493 g/mol. The van der Waals surface area contributed by atoms with Crippen LogP contribution in [-0.4, -0.2) is 58.3 Å². The zero-order valence-corrected chi connectivity index (χ0v) is 21.6. The number of carbonyl (C=O) groups excluding carboxylic acids is 1. The predicted molar refractivity (Wildman–Crippen MR) is 132 cm³/mol. The molecule has 8 nitrogen and oxygen atoms in total. The largest absolute Gasteiger partial charge is 0.353 e. The number of aromatic nitrogens is 3. The standard InChI is InChI=1S/C23H35N5O3S2/c1-5-17(4)28-22(18-11-10-14-20(15-18)33(30,31)27(6-2)7-3)25-26-23(28)32-16-21(29)24-19-12-8-9-13-19/h10-11,14-15,17,19H,5-9,12-13,16H2,1-4H3,(H,24,29)/t17-/m1/s1. The quantitative estimate of drug-likeness (QED) is 0.474. The number of carbonyl (C=O) groups is 1. The van der Waals surface area contributed by atoms with Gasteiger partial charge in [-0.2, -0.15) is 4.31 Å². The fourth-order valence-electron chi connectivity index (χ4n) is 4.13. The van der Waals surface area contributed by atoms with Crippen molar-refractivity contribution in [1.82, 2.24) is 24.4 Å². The Morgan fingerprint density at radius 2 is 1.91 bits per heavy atom. The number of thioether (sulfide) groups is 1. The molecule has 1 atom stereocenters. The summed E-state index contributed by atoms with van der Waals surface area (Å²) in [6, 6.07) is 7.26. The number of nitrogens with zero attached hydrogens (tertiary/aromatic N) is 4. The zero-order valence-electron chi connectivity index (χ0n) is 20.0. The van der Waals surface area contributed by atoms with E-state index >= 15 is 0 Å². The molecule has 1 fully saturated rings. The van der Waals surface area contributed by atoms with Gasteiger partial charge in [0.2, 0.25) is 15.9 Å². The molecule has 1 aliphatic rings. The van der Waals surface area contributed by atoms with Crippen molar-refractivity contribution >= 4 is 27.7 Å². The number of nitrogens with one attached hydrogen (secondary N) is 1. The highest BCUT2D eigenvalue weighted by Gasteiger charge is 2.25. The van der Waals surface area contributed by atoms with Crippen LogP contribution in [0.1, 0.15) is 65.8 Å². The molecule has 0 unspecified atom stereocenters. The molecule has 1 aliphatic carbocycles. The number of rotatable bonds is 11. The summed E-state index contributed by atoms with van der Waals surface area (Å²) in [6.07, 6.45) is 5.30. The van der Waals surface area contributed by atoms with Gasteiger partial charge in [-0.05, 0) is 38.3 Å². The summed E-state index contributed by atoms with van der Waals surface area (Å²) < 4.78 is 29.5. The molecule has 2 aromatic rings. The van der Waals surface area contributed by atoms with E-state index in [-0.39, 0.29) is 28.6 Å². The molecule has 1 aromatic carbocycles.